The van der Waals surface area contributed by atoms with Crippen molar-refractivity contribution in [2.45, 2.75) is 66.0 Å². The van der Waals surface area contributed by atoms with E-state index in [2.05, 4.69) is 12.2 Å². The summed E-state index contributed by atoms with van der Waals surface area (Å²) in [6, 6.07) is -0.690. The third-order valence-electron chi connectivity index (χ3n) is 3.75. The van der Waals surface area contributed by atoms with Crippen LogP contribution in [-0.4, -0.2) is 46.8 Å². The van der Waals surface area contributed by atoms with Crippen LogP contribution in [0.3, 0.4) is 0 Å². The zero-order chi connectivity index (χ0) is 16.0. The highest BCUT2D eigenvalue weighted by Crippen LogP contribution is 2.28. The molecule has 2 unspecified atom stereocenters. The Kier molecular flexibility index (Phi) is 7.04. The van der Waals surface area contributed by atoms with E-state index in [0.29, 0.717) is 6.54 Å². The van der Waals surface area contributed by atoms with Crippen molar-refractivity contribution in [2.75, 3.05) is 18.1 Å². The second kappa shape index (κ2) is 8.06. The smallest absolute Gasteiger partial charge is 0.245 e. The minimum absolute atomic E-state index is 0.00342. The van der Waals surface area contributed by atoms with E-state index in [0.717, 1.165) is 30.8 Å². The van der Waals surface area contributed by atoms with Crippen LogP contribution < -0.4 is 5.32 Å². The van der Waals surface area contributed by atoms with Gasteiger partial charge >= 0.3 is 0 Å². The highest BCUT2D eigenvalue weighted by atomic mass is 32.2. The van der Waals surface area contributed by atoms with Crippen LogP contribution >= 0.6 is 11.8 Å². The molecule has 4 nitrogen and oxygen atoms in total. The topological polar surface area (TPSA) is 49.4 Å². The summed E-state index contributed by atoms with van der Waals surface area (Å²) in [5.74, 6) is 2.23. The summed E-state index contributed by atoms with van der Waals surface area (Å²) < 4.78 is 0. The molecule has 1 rings (SSSR count). The number of nitrogens with one attached hydrogen (secondary N) is 1. The molecular weight excluding hydrogens is 284 g/mol. The molecule has 2 atom stereocenters. The molecule has 0 bridgehead atoms. The molecule has 1 N–H and O–H groups in total. The summed E-state index contributed by atoms with van der Waals surface area (Å²) >= 11 is 1.88. The largest absolute Gasteiger partial charge is 0.342 e. The van der Waals surface area contributed by atoms with Gasteiger partial charge in [-0.25, -0.2) is 0 Å². The maximum absolute atomic E-state index is 12.7. The van der Waals surface area contributed by atoms with Crippen molar-refractivity contribution in [1.29, 1.82) is 0 Å². The molecule has 0 aliphatic carbocycles. The lowest BCUT2D eigenvalue weighted by atomic mass is 9.82. The fourth-order valence-electron chi connectivity index (χ4n) is 2.85. The molecule has 0 radical (unpaired) electrons. The van der Waals surface area contributed by atoms with Crippen LogP contribution in [-0.2, 0) is 9.59 Å². The lowest BCUT2D eigenvalue weighted by Crippen LogP contribution is -2.66. The predicted molar refractivity (Wildman–Crippen MR) is 89.4 cm³/mol. The molecule has 1 aliphatic rings. The Morgan fingerprint density at radius 1 is 1.24 bits per heavy atom. The SMILES string of the molecule is CCCC1NC(=O)C(C(C)(C)C)N(CCCSCC)C1=O. The quantitative estimate of drug-likeness (QED) is 0.735. The third kappa shape index (κ3) is 4.90. The summed E-state index contributed by atoms with van der Waals surface area (Å²) in [4.78, 5) is 27.0. The zero-order valence-electron chi connectivity index (χ0n) is 14.1. The van der Waals surface area contributed by atoms with Crippen molar-refractivity contribution in [2.24, 2.45) is 5.41 Å². The number of nitrogens with zero attached hydrogens (tertiary/aromatic N) is 1. The van der Waals surface area contributed by atoms with Crippen LogP contribution in [0.15, 0.2) is 0 Å². The summed E-state index contributed by atoms with van der Waals surface area (Å²) in [5.41, 5.74) is -0.241. The molecule has 21 heavy (non-hydrogen) atoms. The molecule has 0 aromatic heterocycles. The van der Waals surface area contributed by atoms with Crippen LogP contribution in [0.25, 0.3) is 0 Å². The molecule has 0 aromatic rings. The Labute approximate surface area is 133 Å². The number of hydrogen-bond donors (Lipinski definition) is 1. The van der Waals surface area contributed by atoms with Crippen molar-refractivity contribution in [1.82, 2.24) is 10.2 Å². The molecule has 2 amide bonds. The van der Waals surface area contributed by atoms with Gasteiger partial charge in [0.25, 0.3) is 0 Å². The van der Waals surface area contributed by atoms with E-state index in [1.165, 1.54) is 0 Å². The number of carbonyl (C=O) groups is 2. The van der Waals surface area contributed by atoms with Gasteiger partial charge in [-0.2, -0.15) is 11.8 Å². The van der Waals surface area contributed by atoms with Crippen molar-refractivity contribution >= 4 is 23.6 Å². The van der Waals surface area contributed by atoms with Crippen molar-refractivity contribution in [3.8, 4) is 0 Å². The zero-order valence-corrected chi connectivity index (χ0v) is 14.9. The molecule has 0 aromatic carbocycles. The Morgan fingerprint density at radius 3 is 2.43 bits per heavy atom. The summed E-state index contributed by atoms with van der Waals surface area (Å²) in [6.07, 6.45) is 2.57. The van der Waals surface area contributed by atoms with Gasteiger partial charge in [-0.05, 0) is 29.8 Å². The first-order valence-electron chi connectivity index (χ1n) is 8.01. The lowest BCUT2D eigenvalue weighted by molar-refractivity contribution is -0.154. The van der Waals surface area contributed by atoms with E-state index in [1.807, 2.05) is 44.4 Å². The van der Waals surface area contributed by atoms with Crippen molar-refractivity contribution in [3.63, 3.8) is 0 Å². The number of hydrogen-bond acceptors (Lipinski definition) is 3. The minimum Gasteiger partial charge on any atom is -0.342 e. The van der Waals surface area contributed by atoms with E-state index >= 15 is 0 Å². The molecule has 5 heteroatoms. The monoisotopic (exact) mass is 314 g/mol. The predicted octanol–water partition coefficient (Wildman–Crippen LogP) is 2.67. The Morgan fingerprint density at radius 2 is 1.90 bits per heavy atom. The van der Waals surface area contributed by atoms with Gasteiger partial charge in [0.1, 0.15) is 12.1 Å². The maximum Gasteiger partial charge on any atom is 0.245 e. The summed E-state index contributed by atoms with van der Waals surface area (Å²) in [6.45, 7) is 10.9. The molecule has 1 aliphatic heterocycles. The van der Waals surface area contributed by atoms with E-state index in [9.17, 15) is 9.59 Å². The number of carbonyl (C=O) groups excluding carboxylic acids is 2. The first kappa shape index (κ1) is 18.3. The van der Waals surface area contributed by atoms with E-state index in [-0.39, 0.29) is 29.3 Å². The van der Waals surface area contributed by atoms with Crippen LogP contribution in [0, 0.1) is 5.41 Å². The van der Waals surface area contributed by atoms with Crippen molar-refractivity contribution in [3.05, 3.63) is 0 Å². The Bertz CT molecular complexity index is 366. The summed E-state index contributed by atoms with van der Waals surface area (Å²) in [7, 11) is 0. The van der Waals surface area contributed by atoms with Crippen LogP contribution in [0.4, 0.5) is 0 Å². The van der Waals surface area contributed by atoms with Gasteiger partial charge in [0.2, 0.25) is 11.8 Å². The van der Waals surface area contributed by atoms with Gasteiger partial charge in [-0.1, -0.05) is 41.0 Å². The van der Waals surface area contributed by atoms with Crippen LogP contribution in [0.2, 0.25) is 0 Å². The molecule has 122 valence electrons. The standard InChI is InChI=1S/C16H30N2O2S/c1-6-9-12-15(20)18(10-8-11-21-7-2)13(14(19)17-12)16(3,4)5/h12-13H,6-11H2,1-5H3,(H,17,19). The Balaban J connectivity index is 2.84. The average molecular weight is 314 g/mol. The maximum atomic E-state index is 12.7. The highest BCUT2D eigenvalue weighted by Gasteiger charge is 2.45. The third-order valence-corrected chi connectivity index (χ3v) is 4.73. The molecule has 0 spiro atoms. The van der Waals surface area contributed by atoms with Gasteiger partial charge in [0.05, 0.1) is 0 Å². The van der Waals surface area contributed by atoms with E-state index in [4.69, 9.17) is 0 Å². The number of amides is 2. The van der Waals surface area contributed by atoms with Gasteiger partial charge in [-0.15, -0.1) is 0 Å². The van der Waals surface area contributed by atoms with Gasteiger partial charge in [-0.3, -0.25) is 9.59 Å². The fourth-order valence-corrected chi connectivity index (χ4v) is 3.47. The number of piperazine rings is 1. The Hall–Kier alpha value is -0.710. The molecule has 1 saturated heterocycles. The summed E-state index contributed by atoms with van der Waals surface area (Å²) in [5, 5.41) is 2.92. The van der Waals surface area contributed by atoms with Crippen molar-refractivity contribution < 1.29 is 9.59 Å². The van der Waals surface area contributed by atoms with E-state index in [1.54, 1.807) is 0 Å². The molecule has 0 saturated carbocycles. The lowest BCUT2D eigenvalue weighted by Gasteiger charge is -2.44. The van der Waals surface area contributed by atoms with Crippen LogP contribution in [0.5, 0.6) is 0 Å². The second-order valence-electron chi connectivity index (χ2n) is 6.70. The average Bonchev–Trinajstić information content (AvgIpc) is 2.38. The highest BCUT2D eigenvalue weighted by molar-refractivity contribution is 7.99. The molecule has 1 heterocycles. The minimum atomic E-state index is -0.357. The first-order chi connectivity index (χ1) is 9.82. The number of rotatable bonds is 7. The van der Waals surface area contributed by atoms with Crippen LogP contribution in [0.1, 0.15) is 53.9 Å². The second-order valence-corrected chi connectivity index (χ2v) is 8.09. The van der Waals surface area contributed by atoms with Gasteiger partial charge in [0, 0.05) is 6.54 Å². The molecule has 1 fully saturated rings. The normalized spacial score (nSPS) is 23.4. The van der Waals surface area contributed by atoms with E-state index < -0.39 is 0 Å². The number of thioether (sulfide) groups is 1. The molecular formula is C16H30N2O2S. The van der Waals surface area contributed by atoms with Gasteiger partial charge < -0.3 is 10.2 Å². The first-order valence-corrected chi connectivity index (χ1v) is 9.17. The fraction of sp³-hybridized carbons (Fsp3) is 0.875. The van der Waals surface area contributed by atoms with Gasteiger partial charge in [0.15, 0.2) is 0 Å².